The van der Waals surface area contributed by atoms with Gasteiger partial charge in [0.15, 0.2) is 0 Å². The van der Waals surface area contributed by atoms with Crippen molar-refractivity contribution in [2.24, 2.45) is 5.92 Å². The molecule has 1 aliphatic rings. The van der Waals surface area contributed by atoms with Crippen molar-refractivity contribution in [2.75, 3.05) is 17.7 Å². The van der Waals surface area contributed by atoms with E-state index in [1.807, 2.05) is 13.0 Å². The first-order valence-electron chi connectivity index (χ1n) is 9.33. The number of amides is 1. The highest BCUT2D eigenvalue weighted by Gasteiger charge is 2.27. The lowest BCUT2D eigenvalue weighted by Gasteiger charge is -2.29. The van der Waals surface area contributed by atoms with Crippen molar-refractivity contribution in [1.82, 2.24) is 20.3 Å². The molecule has 0 radical (unpaired) electrons. The Bertz CT molecular complexity index is 847. The summed E-state index contributed by atoms with van der Waals surface area (Å²) in [5, 5.41) is 10.4. The van der Waals surface area contributed by atoms with Crippen molar-refractivity contribution < 1.29 is 4.79 Å². The van der Waals surface area contributed by atoms with Crippen molar-refractivity contribution in [3.05, 3.63) is 39.6 Å². The van der Waals surface area contributed by atoms with E-state index in [1.54, 1.807) is 19.2 Å². The molecule has 0 saturated heterocycles. The van der Waals surface area contributed by atoms with Crippen LogP contribution in [0.15, 0.2) is 18.2 Å². The Morgan fingerprint density at radius 1 is 1.18 bits per heavy atom. The fourth-order valence-electron chi connectivity index (χ4n) is 3.39. The third kappa shape index (κ3) is 5.45. The van der Waals surface area contributed by atoms with E-state index in [4.69, 9.17) is 23.2 Å². The summed E-state index contributed by atoms with van der Waals surface area (Å²) >= 11 is 12.1. The van der Waals surface area contributed by atoms with Gasteiger partial charge in [-0.3, -0.25) is 4.79 Å². The third-order valence-electron chi connectivity index (χ3n) is 4.82. The van der Waals surface area contributed by atoms with E-state index < -0.39 is 0 Å². The molecule has 1 aliphatic carbocycles. The van der Waals surface area contributed by atoms with Crippen molar-refractivity contribution in [3.8, 4) is 0 Å². The van der Waals surface area contributed by atoms with Gasteiger partial charge in [0.05, 0.1) is 0 Å². The number of aromatic nitrogens is 3. The quantitative estimate of drug-likeness (QED) is 0.655. The average Bonchev–Trinajstić information content (AvgIpc) is 2.66. The largest absolute Gasteiger partial charge is 0.357 e. The smallest absolute Gasteiger partial charge is 0.227 e. The summed E-state index contributed by atoms with van der Waals surface area (Å²) in [5.41, 5.74) is 0.852. The first kappa shape index (κ1) is 20.6. The van der Waals surface area contributed by atoms with Gasteiger partial charge in [-0.2, -0.15) is 15.0 Å². The minimum absolute atomic E-state index is 0.0419. The van der Waals surface area contributed by atoms with Crippen LogP contribution in [0.2, 0.25) is 10.0 Å². The van der Waals surface area contributed by atoms with E-state index in [1.165, 1.54) is 0 Å². The second-order valence-electron chi connectivity index (χ2n) is 6.94. The Balaban J connectivity index is 1.56. The maximum Gasteiger partial charge on any atom is 0.227 e. The molecule has 1 aromatic heterocycles. The monoisotopic (exact) mass is 422 g/mol. The molecule has 1 saturated carbocycles. The van der Waals surface area contributed by atoms with Crippen LogP contribution in [0.3, 0.4) is 0 Å². The fourth-order valence-corrected chi connectivity index (χ4v) is 3.87. The number of carbonyl (C=O) groups is 1. The summed E-state index contributed by atoms with van der Waals surface area (Å²) in [6.45, 7) is 2.22. The van der Waals surface area contributed by atoms with Gasteiger partial charge in [0.1, 0.15) is 5.82 Å². The molecule has 150 valence electrons. The minimum Gasteiger partial charge on any atom is -0.357 e. The Kier molecular flexibility index (Phi) is 6.91. The molecule has 3 N–H and O–H groups in total. The summed E-state index contributed by atoms with van der Waals surface area (Å²) in [6, 6.07) is 5.43. The Hall–Kier alpha value is -2.12. The lowest BCUT2D eigenvalue weighted by molar-refractivity contribution is -0.126. The summed E-state index contributed by atoms with van der Waals surface area (Å²) in [6.07, 6.45) is 3.56. The number of hydrogen-bond acceptors (Lipinski definition) is 6. The van der Waals surface area contributed by atoms with Crippen LogP contribution in [0.25, 0.3) is 0 Å². The average molecular weight is 423 g/mol. The van der Waals surface area contributed by atoms with Crippen LogP contribution in [-0.4, -0.2) is 33.9 Å². The second-order valence-corrected chi connectivity index (χ2v) is 7.78. The van der Waals surface area contributed by atoms with Crippen molar-refractivity contribution >= 4 is 41.0 Å². The molecule has 1 aromatic carbocycles. The van der Waals surface area contributed by atoms with Gasteiger partial charge >= 0.3 is 0 Å². The van der Waals surface area contributed by atoms with Crippen molar-refractivity contribution in [2.45, 2.75) is 45.2 Å². The van der Waals surface area contributed by atoms with Crippen LogP contribution in [0.1, 0.15) is 37.1 Å². The summed E-state index contributed by atoms with van der Waals surface area (Å²) in [7, 11) is 1.77. The van der Waals surface area contributed by atoms with Gasteiger partial charge in [0, 0.05) is 35.6 Å². The van der Waals surface area contributed by atoms with Crippen LogP contribution < -0.4 is 16.0 Å². The standard InChI is InChI=1S/C19H24Cl2N6O/c1-11-24-18(22-2)27-19(25-11)26-15-5-3-4-12(8-15)17(28)23-10-13-6-7-14(20)9-16(13)21/h6-7,9,12,15H,3-5,8,10H2,1-2H3,(H,23,28)(H2,22,24,25,26,27)/t12-,15+/m1/s1. The Labute approximate surface area is 174 Å². The number of nitrogens with zero attached hydrogens (tertiary/aromatic N) is 3. The van der Waals surface area contributed by atoms with E-state index >= 15 is 0 Å². The zero-order valence-corrected chi connectivity index (χ0v) is 17.4. The van der Waals surface area contributed by atoms with Crippen LogP contribution in [-0.2, 0) is 11.3 Å². The molecule has 7 nitrogen and oxygen atoms in total. The van der Waals surface area contributed by atoms with Crippen molar-refractivity contribution in [3.63, 3.8) is 0 Å². The predicted octanol–water partition coefficient (Wildman–Crippen LogP) is 3.82. The van der Waals surface area contributed by atoms with Crippen LogP contribution >= 0.6 is 23.2 Å². The SMILES string of the molecule is CNc1nc(C)nc(N[C@H]2CCC[C@@H](C(=O)NCc3ccc(Cl)cc3Cl)C2)n1. The van der Waals surface area contributed by atoms with Gasteiger partial charge in [-0.25, -0.2) is 0 Å². The number of aryl methyl sites for hydroxylation is 1. The predicted molar refractivity (Wildman–Crippen MR) is 112 cm³/mol. The third-order valence-corrected chi connectivity index (χ3v) is 5.40. The van der Waals surface area contributed by atoms with E-state index in [2.05, 4.69) is 30.9 Å². The molecule has 0 aliphatic heterocycles. The molecule has 1 amide bonds. The molecule has 2 atom stereocenters. The zero-order valence-electron chi connectivity index (χ0n) is 15.9. The second kappa shape index (κ2) is 9.39. The topological polar surface area (TPSA) is 91.8 Å². The molecule has 1 fully saturated rings. The first-order chi connectivity index (χ1) is 13.4. The highest BCUT2D eigenvalue weighted by molar-refractivity contribution is 6.35. The Morgan fingerprint density at radius 2 is 1.96 bits per heavy atom. The molecule has 3 rings (SSSR count). The number of nitrogens with one attached hydrogen (secondary N) is 3. The van der Waals surface area contributed by atoms with E-state index in [9.17, 15) is 4.79 Å². The molecule has 9 heteroatoms. The molecule has 0 bridgehead atoms. The molecule has 2 aromatic rings. The van der Waals surface area contributed by atoms with Crippen molar-refractivity contribution in [1.29, 1.82) is 0 Å². The van der Waals surface area contributed by atoms with Crippen LogP contribution in [0.5, 0.6) is 0 Å². The lowest BCUT2D eigenvalue weighted by atomic mass is 9.85. The summed E-state index contributed by atoms with van der Waals surface area (Å²) in [5.74, 6) is 1.70. The highest BCUT2D eigenvalue weighted by atomic mass is 35.5. The van der Waals surface area contributed by atoms with Gasteiger partial charge in [-0.05, 0) is 43.9 Å². The number of anilines is 2. The molecular weight excluding hydrogens is 399 g/mol. The highest BCUT2D eigenvalue weighted by Crippen LogP contribution is 2.27. The Morgan fingerprint density at radius 3 is 2.71 bits per heavy atom. The van der Waals surface area contributed by atoms with Gasteiger partial charge in [-0.1, -0.05) is 35.7 Å². The fraction of sp³-hybridized carbons (Fsp3) is 0.474. The number of hydrogen-bond donors (Lipinski definition) is 3. The van der Waals surface area contributed by atoms with Gasteiger partial charge in [0.2, 0.25) is 17.8 Å². The van der Waals surface area contributed by atoms with E-state index in [0.717, 1.165) is 31.2 Å². The number of benzene rings is 1. The first-order valence-corrected chi connectivity index (χ1v) is 10.1. The molecule has 28 heavy (non-hydrogen) atoms. The van der Waals surface area contributed by atoms with E-state index in [-0.39, 0.29) is 17.9 Å². The minimum atomic E-state index is -0.0518. The van der Waals surface area contributed by atoms with Crippen LogP contribution in [0, 0.1) is 12.8 Å². The summed E-state index contributed by atoms with van der Waals surface area (Å²) in [4.78, 5) is 25.5. The number of rotatable bonds is 6. The van der Waals surface area contributed by atoms with Gasteiger partial charge < -0.3 is 16.0 Å². The molecular formula is C19H24Cl2N6O. The zero-order chi connectivity index (χ0) is 20.1. The van der Waals surface area contributed by atoms with Gasteiger partial charge in [-0.15, -0.1) is 0 Å². The lowest BCUT2D eigenvalue weighted by Crippen LogP contribution is -2.37. The maximum atomic E-state index is 12.6. The maximum absolute atomic E-state index is 12.6. The summed E-state index contributed by atoms with van der Waals surface area (Å²) < 4.78 is 0. The number of carbonyl (C=O) groups excluding carboxylic acids is 1. The molecule has 0 unspecified atom stereocenters. The number of halogens is 2. The van der Waals surface area contributed by atoms with Gasteiger partial charge in [0.25, 0.3) is 0 Å². The molecule has 0 spiro atoms. The molecule has 1 heterocycles. The van der Waals surface area contributed by atoms with Crippen LogP contribution in [0.4, 0.5) is 11.9 Å². The van der Waals surface area contributed by atoms with E-state index in [0.29, 0.717) is 34.3 Å². The normalized spacial score (nSPS) is 19.1.